The Labute approximate surface area is 92.5 Å². The van der Waals surface area contributed by atoms with Crippen molar-refractivity contribution in [1.82, 2.24) is 10.3 Å². The number of anilines is 1. The van der Waals surface area contributed by atoms with Crippen LogP contribution in [0.4, 0.5) is 5.69 Å². The highest BCUT2D eigenvalue weighted by molar-refractivity contribution is 5.51. The lowest BCUT2D eigenvalue weighted by molar-refractivity contribution is 0.587. The van der Waals surface area contributed by atoms with Crippen LogP contribution in [0.2, 0.25) is 0 Å². The predicted molar refractivity (Wildman–Crippen MR) is 65.2 cm³/mol. The topological polar surface area (TPSA) is 28.2 Å². The molecule has 0 fully saturated rings. The van der Waals surface area contributed by atoms with Crippen molar-refractivity contribution in [3.05, 3.63) is 24.0 Å². The molecule has 0 amide bonds. The van der Waals surface area contributed by atoms with Gasteiger partial charge in [0.05, 0.1) is 0 Å². The molecule has 15 heavy (non-hydrogen) atoms. The van der Waals surface area contributed by atoms with Crippen molar-refractivity contribution in [3.8, 4) is 0 Å². The first-order valence-corrected chi connectivity index (χ1v) is 5.52. The minimum Gasteiger partial charge on any atom is -0.375 e. The van der Waals surface area contributed by atoms with Crippen LogP contribution in [0, 0.1) is 0 Å². The summed E-state index contributed by atoms with van der Waals surface area (Å²) in [5.74, 6) is 0. The van der Waals surface area contributed by atoms with Crippen molar-refractivity contribution in [2.24, 2.45) is 0 Å². The van der Waals surface area contributed by atoms with E-state index in [1.54, 1.807) is 0 Å². The van der Waals surface area contributed by atoms with Crippen LogP contribution in [-0.2, 0) is 6.54 Å². The van der Waals surface area contributed by atoms with Crippen LogP contribution >= 0.6 is 0 Å². The summed E-state index contributed by atoms with van der Waals surface area (Å²) >= 11 is 0. The van der Waals surface area contributed by atoms with E-state index in [4.69, 9.17) is 0 Å². The number of nitrogens with one attached hydrogen (secondary N) is 1. The summed E-state index contributed by atoms with van der Waals surface area (Å²) in [5.41, 5.74) is 2.52. The van der Waals surface area contributed by atoms with Gasteiger partial charge in [-0.15, -0.1) is 0 Å². The molecule has 0 spiro atoms. The summed E-state index contributed by atoms with van der Waals surface area (Å²) in [6.45, 7) is 8.35. The van der Waals surface area contributed by atoms with Gasteiger partial charge < -0.3 is 10.2 Å². The number of nitrogens with zero attached hydrogens (tertiary/aromatic N) is 2. The quantitative estimate of drug-likeness (QED) is 0.801. The fourth-order valence-corrected chi connectivity index (χ4v) is 1.41. The molecule has 1 heterocycles. The zero-order valence-electron chi connectivity index (χ0n) is 10.1. The summed E-state index contributed by atoms with van der Waals surface area (Å²) in [5, 5.41) is 3.41. The molecule has 0 aliphatic rings. The third kappa shape index (κ3) is 3.51. The number of hydrogen-bond donors (Lipinski definition) is 1. The van der Waals surface area contributed by atoms with Gasteiger partial charge in [0, 0.05) is 49.8 Å². The number of hydrogen-bond acceptors (Lipinski definition) is 3. The molecule has 0 saturated heterocycles. The molecule has 3 nitrogen and oxygen atoms in total. The van der Waals surface area contributed by atoms with Gasteiger partial charge in [-0.05, 0) is 13.0 Å². The first-order chi connectivity index (χ1) is 7.15. The third-order valence-corrected chi connectivity index (χ3v) is 2.46. The van der Waals surface area contributed by atoms with Crippen molar-refractivity contribution in [1.29, 1.82) is 0 Å². The molecule has 0 saturated carbocycles. The number of pyridine rings is 1. The maximum absolute atomic E-state index is 4.17. The molecule has 0 aliphatic carbocycles. The lowest BCUT2D eigenvalue weighted by atomic mass is 10.2. The second-order valence-corrected chi connectivity index (χ2v) is 4.05. The maximum Gasteiger partial charge on any atom is 0.0440 e. The highest BCUT2D eigenvalue weighted by Gasteiger charge is 2.05. The highest BCUT2D eigenvalue weighted by Crippen LogP contribution is 2.17. The Bertz CT molecular complexity index is 297. The Balaban J connectivity index is 2.77. The number of rotatable bonds is 5. The van der Waals surface area contributed by atoms with Gasteiger partial charge in [0.25, 0.3) is 0 Å². The lowest BCUT2D eigenvalue weighted by Crippen LogP contribution is -2.24. The van der Waals surface area contributed by atoms with Crippen molar-refractivity contribution in [3.63, 3.8) is 0 Å². The Kier molecular flexibility index (Phi) is 4.56. The minimum atomic E-state index is 0.505. The fraction of sp³-hybridized carbons (Fsp3) is 0.583. The minimum absolute atomic E-state index is 0.505. The maximum atomic E-state index is 4.17. The average molecular weight is 207 g/mol. The molecule has 0 bridgehead atoms. The summed E-state index contributed by atoms with van der Waals surface area (Å²) in [4.78, 5) is 6.41. The second kappa shape index (κ2) is 5.71. The van der Waals surface area contributed by atoms with E-state index < -0.39 is 0 Å². The average Bonchev–Trinajstić information content (AvgIpc) is 2.25. The molecule has 0 radical (unpaired) electrons. The van der Waals surface area contributed by atoms with E-state index in [2.05, 4.69) is 49.1 Å². The smallest absolute Gasteiger partial charge is 0.0440 e. The van der Waals surface area contributed by atoms with Gasteiger partial charge >= 0.3 is 0 Å². The molecule has 1 aromatic heterocycles. The van der Waals surface area contributed by atoms with E-state index in [1.165, 1.54) is 11.3 Å². The molecular formula is C12H21N3. The van der Waals surface area contributed by atoms with E-state index in [9.17, 15) is 0 Å². The molecule has 1 aromatic rings. The van der Waals surface area contributed by atoms with Crippen molar-refractivity contribution < 1.29 is 0 Å². The third-order valence-electron chi connectivity index (χ3n) is 2.46. The van der Waals surface area contributed by atoms with Crippen molar-refractivity contribution in [2.75, 3.05) is 18.5 Å². The van der Waals surface area contributed by atoms with Crippen LogP contribution in [-0.4, -0.2) is 24.6 Å². The van der Waals surface area contributed by atoms with E-state index in [-0.39, 0.29) is 0 Å². The van der Waals surface area contributed by atoms with Gasteiger partial charge in [0.1, 0.15) is 0 Å². The summed E-state index contributed by atoms with van der Waals surface area (Å²) in [6, 6.07) is 2.57. The molecule has 84 valence electrons. The summed E-state index contributed by atoms with van der Waals surface area (Å²) < 4.78 is 0. The fourth-order valence-electron chi connectivity index (χ4n) is 1.41. The van der Waals surface area contributed by atoms with E-state index in [1.807, 2.05) is 12.4 Å². The lowest BCUT2D eigenvalue weighted by Gasteiger charge is -2.21. The molecule has 1 N–H and O–H groups in total. The Morgan fingerprint density at radius 3 is 2.80 bits per heavy atom. The SMILES string of the molecule is CCN(C)c1ccncc1CNC(C)C. The predicted octanol–water partition coefficient (Wildman–Crippen LogP) is 2.04. The summed E-state index contributed by atoms with van der Waals surface area (Å²) in [6.07, 6.45) is 3.79. The Morgan fingerprint density at radius 2 is 2.20 bits per heavy atom. The van der Waals surface area contributed by atoms with E-state index >= 15 is 0 Å². The summed E-state index contributed by atoms with van der Waals surface area (Å²) in [7, 11) is 2.11. The van der Waals surface area contributed by atoms with Crippen molar-refractivity contribution >= 4 is 5.69 Å². The van der Waals surface area contributed by atoms with Gasteiger partial charge in [-0.25, -0.2) is 0 Å². The molecular weight excluding hydrogens is 186 g/mol. The van der Waals surface area contributed by atoms with Crippen molar-refractivity contribution in [2.45, 2.75) is 33.4 Å². The zero-order chi connectivity index (χ0) is 11.3. The van der Waals surface area contributed by atoms with Crippen LogP contribution in [0.5, 0.6) is 0 Å². The molecule has 0 aliphatic heterocycles. The Hall–Kier alpha value is -1.09. The molecule has 0 unspecified atom stereocenters. The van der Waals surface area contributed by atoms with Crippen LogP contribution < -0.4 is 10.2 Å². The first kappa shape index (κ1) is 12.0. The molecule has 0 atom stereocenters. The van der Waals surface area contributed by atoms with E-state index in [0.717, 1.165) is 13.1 Å². The van der Waals surface area contributed by atoms with Gasteiger partial charge in [-0.2, -0.15) is 0 Å². The zero-order valence-corrected chi connectivity index (χ0v) is 10.1. The van der Waals surface area contributed by atoms with Gasteiger partial charge in [0.2, 0.25) is 0 Å². The highest BCUT2D eigenvalue weighted by atomic mass is 15.1. The largest absolute Gasteiger partial charge is 0.375 e. The molecule has 0 aromatic carbocycles. The van der Waals surface area contributed by atoms with Crippen LogP contribution in [0.1, 0.15) is 26.3 Å². The van der Waals surface area contributed by atoms with Crippen LogP contribution in [0.15, 0.2) is 18.5 Å². The Morgan fingerprint density at radius 1 is 1.47 bits per heavy atom. The van der Waals surface area contributed by atoms with Crippen LogP contribution in [0.3, 0.4) is 0 Å². The second-order valence-electron chi connectivity index (χ2n) is 4.05. The van der Waals surface area contributed by atoms with Gasteiger partial charge in [0.15, 0.2) is 0 Å². The standard InChI is InChI=1S/C12H21N3/c1-5-15(4)12-6-7-13-8-11(12)9-14-10(2)3/h6-8,10,14H,5,9H2,1-4H3. The number of aromatic nitrogens is 1. The molecule has 3 heteroatoms. The van der Waals surface area contributed by atoms with Gasteiger partial charge in [-0.1, -0.05) is 13.8 Å². The van der Waals surface area contributed by atoms with Gasteiger partial charge in [-0.3, -0.25) is 4.98 Å². The first-order valence-electron chi connectivity index (χ1n) is 5.52. The normalized spacial score (nSPS) is 10.7. The molecule has 1 rings (SSSR count). The monoisotopic (exact) mass is 207 g/mol. The van der Waals surface area contributed by atoms with E-state index in [0.29, 0.717) is 6.04 Å². The van der Waals surface area contributed by atoms with Crippen LogP contribution in [0.25, 0.3) is 0 Å².